The number of benzene rings is 1. The zero-order valence-electron chi connectivity index (χ0n) is 16.8. The number of H-pyrrole nitrogens is 1. The SMILES string of the molecule is CN(C)Cc1c(C(=O)NC(Cc2c[nH]c3ccccc23)C(=O)O)nc2ccccn12. The lowest BCUT2D eigenvalue weighted by molar-refractivity contribution is -0.139. The monoisotopic (exact) mass is 405 g/mol. The Morgan fingerprint density at radius 3 is 2.73 bits per heavy atom. The highest BCUT2D eigenvalue weighted by atomic mass is 16.4. The van der Waals surface area contributed by atoms with Crippen LogP contribution in [0.5, 0.6) is 0 Å². The number of fused-ring (bicyclic) bond motifs is 2. The molecule has 154 valence electrons. The molecular weight excluding hydrogens is 382 g/mol. The highest BCUT2D eigenvalue weighted by molar-refractivity contribution is 5.97. The number of para-hydroxylation sites is 1. The van der Waals surface area contributed by atoms with E-state index >= 15 is 0 Å². The zero-order chi connectivity index (χ0) is 21.3. The van der Waals surface area contributed by atoms with Crippen LogP contribution < -0.4 is 5.32 Å². The summed E-state index contributed by atoms with van der Waals surface area (Å²) in [6.45, 7) is 0.494. The predicted molar refractivity (Wildman–Crippen MR) is 113 cm³/mol. The molecule has 1 atom stereocenters. The largest absolute Gasteiger partial charge is 0.480 e. The summed E-state index contributed by atoms with van der Waals surface area (Å²) in [7, 11) is 3.81. The van der Waals surface area contributed by atoms with Crippen molar-refractivity contribution in [3.05, 3.63) is 71.8 Å². The maximum absolute atomic E-state index is 13.0. The number of carboxylic acid groups (broad SMARTS) is 1. The van der Waals surface area contributed by atoms with Gasteiger partial charge in [-0.1, -0.05) is 24.3 Å². The lowest BCUT2D eigenvalue weighted by Gasteiger charge is -2.15. The fourth-order valence-electron chi connectivity index (χ4n) is 3.63. The van der Waals surface area contributed by atoms with Crippen LogP contribution in [0.15, 0.2) is 54.9 Å². The first kappa shape index (κ1) is 19.7. The number of aliphatic carboxylic acids is 1. The van der Waals surface area contributed by atoms with Gasteiger partial charge < -0.3 is 24.7 Å². The van der Waals surface area contributed by atoms with Gasteiger partial charge in [-0.05, 0) is 37.9 Å². The molecule has 1 aromatic carbocycles. The van der Waals surface area contributed by atoms with Crippen molar-refractivity contribution in [1.82, 2.24) is 24.6 Å². The molecule has 3 heterocycles. The molecule has 0 aliphatic carbocycles. The quantitative estimate of drug-likeness (QED) is 0.438. The third kappa shape index (κ3) is 3.77. The summed E-state index contributed by atoms with van der Waals surface area (Å²) in [5.41, 5.74) is 3.35. The molecule has 0 saturated heterocycles. The van der Waals surface area contributed by atoms with E-state index in [1.807, 2.05) is 72.1 Å². The summed E-state index contributed by atoms with van der Waals surface area (Å²) < 4.78 is 1.85. The molecule has 8 nitrogen and oxygen atoms in total. The molecule has 4 rings (SSSR count). The van der Waals surface area contributed by atoms with Crippen molar-refractivity contribution in [2.45, 2.75) is 19.0 Å². The first-order valence-electron chi connectivity index (χ1n) is 9.63. The van der Waals surface area contributed by atoms with Gasteiger partial charge in [-0.2, -0.15) is 0 Å². The molecule has 0 aliphatic rings. The number of aromatic nitrogens is 3. The molecule has 0 spiro atoms. The summed E-state index contributed by atoms with van der Waals surface area (Å²) in [6.07, 6.45) is 3.80. The number of carbonyl (C=O) groups is 2. The molecule has 8 heteroatoms. The Kier molecular flexibility index (Phi) is 5.24. The predicted octanol–water partition coefficient (Wildman–Crippen LogP) is 2.30. The van der Waals surface area contributed by atoms with E-state index in [0.717, 1.165) is 16.5 Å². The number of carboxylic acids is 1. The van der Waals surface area contributed by atoms with Crippen molar-refractivity contribution < 1.29 is 14.7 Å². The molecule has 3 N–H and O–H groups in total. The van der Waals surface area contributed by atoms with Gasteiger partial charge in [-0.3, -0.25) is 4.79 Å². The summed E-state index contributed by atoms with van der Waals surface area (Å²) in [5.74, 6) is -1.59. The van der Waals surface area contributed by atoms with Crippen LogP contribution in [-0.4, -0.2) is 56.4 Å². The Balaban J connectivity index is 1.63. The second-order valence-electron chi connectivity index (χ2n) is 7.50. The lowest BCUT2D eigenvalue weighted by Crippen LogP contribution is -2.42. The Morgan fingerprint density at radius 2 is 1.97 bits per heavy atom. The van der Waals surface area contributed by atoms with E-state index in [0.29, 0.717) is 17.9 Å². The normalized spacial score (nSPS) is 12.5. The Bertz CT molecular complexity index is 1220. The molecule has 1 unspecified atom stereocenters. The number of nitrogens with zero attached hydrogens (tertiary/aromatic N) is 3. The maximum atomic E-state index is 13.0. The van der Waals surface area contributed by atoms with Crippen LogP contribution in [0.3, 0.4) is 0 Å². The van der Waals surface area contributed by atoms with Gasteiger partial charge in [0.05, 0.1) is 5.69 Å². The van der Waals surface area contributed by atoms with Crippen molar-refractivity contribution in [3.8, 4) is 0 Å². The average Bonchev–Trinajstić information content (AvgIpc) is 3.29. The van der Waals surface area contributed by atoms with Gasteiger partial charge in [0, 0.05) is 36.3 Å². The fourth-order valence-corrected chi connectivity index (χ4v) is 3.63. The molecule has 4 aromatic rings. The minimum absolute atomic E-state index is 0.168. The van der Waals surface area contributed by atoms with Crippen LogP contribution in [0.2, 0.25) is 0 Å². The van der Waals surface area contributed by atoms with E-state index < -0.39 is 17.9 Å². The van der Waals surface area contributed by atoms with Gasteiger partial charge in [0.25, 0.3) is 5.91 Å². The summed E-state index contributed by atoms with van der Waals surface area (Å²) in [4.78, 5) is 34.5. The Labute approximate surface area is 173 Å². The topological polar surface area (TPSA) is 103 Å². The number of hydrogen-bond donors (Lipinski definition) is 3. The van der Waals surface area contributed by atoms with Gasteiger partial charge in [0.15, 0.2) is 5.69 Å². The molecule has 30 heavy (non-hydrogen) atoms. The highest BCUT2D eigenvalue weighted by Gasteiger charge is 2.26. The number of rotatable bonds is 7. The minimum atomic E-state index is -1.09. The van der Waals surface area contributed by atoms with Gasteiger partial charge >= 0.3 is 5.97 Å². The molecule has 0 saturated carbocycles. The van der Waals surface area contributed by atoms with Gasteiger partial charge in [-0.15, -0.1) is 0 Å². The molecule has 0 bridgehead atoms. The van der Waals surface area contributed by atoms with Crippen LogP contribution in [0.4, 0.5) is 0 Å². The van der Waals surface area contributed by atoms with Crippen LogP contribution in [-0.2, 0) is 17.8 Å². The van der Waals surface area contributed by atoms with E-state index in [-0.39, 0.29) is 12.1 Å². The number of pyridine rings is 1. The number of hydrogen-bond acceptors (Lipinski definition) is 4. The van der Waals surface area contributed by atoms with Gasteiger partial charge in [0.1, 0.15) is 11.7 Å². The van der Waals surface area contributed by atoms with E-state index in [1.54, 1.807) is 6.20 Å². The maximum Gasteiger partial charge on any atom is 0.326 e. The van der Waals surface area contributed by atoms with E-state index in [9.17, 15) is 14.7 Å². The number of imidazole rings is 1. The average molecular weight is 405 g/mol. The number of aromatic amines is 1. The van der Waals surface area contributed by atoms with Crippen molar-refractivity contribution in [1.29, 1.82) is 0 Å². The summed E-state index contributed by atoms with van der Waals surface area (Å²) in [6, 6.07) is 12.1. The fraction of sp³-hybridized carbons (Fsp3) is 0.227. The van der Waals surface area contributed by atoms with Crippen LogP contribution >= 0.6 is 0 Å². The van der Waals surface area contributed by atoms with Crippen molar-refractivity contribution in [2.24, 2.45) is 0 Å². The Morgan fingerprint density at radius 1 is 1.20 bits per heavy atom. The van der Waals surface area contributed by atoms with Crippen LogP contribution in [0.1, 0.15) is 21.7 Å². The third-order valence-electron chi connectivity index (χ3n) is 5.01. The summed E-state index contributed by atoms with van der Waals surface area (Å²) >= 11 is 0. The van der Waals surface area contributed by atoms with E-state index in [1.165, 1.54) is 0 Å². The molecule has 3 aromatic heterocycles. The third-order valence-corrected chi connectivity index (χ3v) is 5.01. The smallest absolute Gasteiger partial charge is 0.326 e. The number of carbonyl (C=O) groups excluding carboxylic acids is 1. The molecule has 1 amide bonds. The lowest BCUT2D eigenvalue weighted by atomic mass is 10.0. The molecule has 0 aliphatic heterocycles. The van der Waals surface area contributed by atoms with E-state index in [4.69, 9.17) is 0 Å². The van der Waals surface area contributed by atoms with Crippen molar-refractivity contribution in [2.75, 3.05) is 14.1 Å². The Hall–Kier alpha value is -3.65. The molecule has 0 fully saturated rings. The number of amides is 1. The van der Waals surface area contributed by atoms with Crippen LogP contribution in [0, 0.1) is 0 Å². The highest BCUT2D eigenvalue weighted by Crippen LogP contribution is 2.20. The van der Waals surface area contributed by atoms with Crippen LogP contribution in [0.25, 0.3) is 16.6 Å². The standard InChI is InChI=1S/C22H23N5O3/c1-26(2)13-18-20(25-19-9-5-6-10-27(18)19)21(28)24-17(22(29)30)11-14-12-23-16-8-4-3-7-15(14)16/h3-10,12,17,23H,11,13H2,1-2H3,(H,24,28)(H,29,30). The number of nitrogens with one attached hydrogen (secondary N) is 2. The first-order chi connectivity index (χ1) is 14.4. The van der Waals surface area contributed by atoms with E-state index in [2.05, 4.69) is 15.3 Å². The van der Waals surface area contributed by atoms with Crippen molar-refractivity contribution in [3.63, 3.8) is 0 Å². The zero-order valence-corrected chi connectivity index (χ0v) is 16.8. The first-order valence-corrected chi connectivity index (χ1v) is 9.63. The second-order valence-corrected chi connectivity index (χ2v) is 7.50. The van der Waals surface area contributed by atoms with Crippen molar-refractivity contribution >= 4 is 28.4 Å². The molecule has 0 radical (unpaired) electrons. The van der Waals surface area contributed by atoms with Gasteiger partial charge in [0.2, 0.25) is 0 Å². The minimum Gasteiger partial charge on any atom is -0.480 e. The second kappa shape index (κ2) is 8.00. The summed E-state index contributed by atoms with van der Waals surface area (Å²) in [5, 5.41) is 13.3. The van der Waals surface area contributed by atoms with Gasteiger partial charge in [-0.25, -0.2) is 9.78 Å². The molecular formula is C22H23N5O3.